The third-order valence-electron chi connectivity index (χ3n) is 7.71. The Morgan fingerprint density at radius 3 is 1.13 bits per heavy atom. The maximum Gasteiger partial charge on any atom is 0.303 e. The van der Waals surface area contributed by atoms with E-state index in [0.717, 1.165) is 69.2 Å². The summed E-state index contributed by atoms with van der Waals surface area (Å²) in [6, 6.07) is 0. The summed E-state index contributed by atoms with van der Waals surface area (Å²) in [5, 5.41) is 27.1. The summed E-state index contributed by atoms with van der Waals surface area (Å²) in [7, 11) is 0. The summed E-state index contributed by atoms with van der Waals surface area (Å²) in [4.78, 5) is 32.9. The summed E-state index contributed by atoms with van der Waals surface area (Å²) < 4.78 is 0.858. The Morgan fingerprint density at radius 2 is 0.769 bits per heavy atom. The van der Waals surface area contributed by atoms with Crippen LogP contribution in [-0.4, -0.2) is 63.9 Å². The quantitative estimate of drug-likeness (QED) is 0.0468. The number of aliphatic carboxylic acids is 3. The monoisotopic (exact) mass is 554 g/mol. The number of quaternary nitrogens is 1. The van der Waals surface area contributed by atoms with Gasteiger partial charge in [-0.25, -0.2) is 0 Å². The molecule has 7 nitrogen and oxygen atoms in total. The van der Waals surface area contributed by atoms with Crippen LogP contribution in [0.15, 0.2) is 12.2 Å². The first-order valence-electron chi connectivity index (χ1n) is 16.0. The first-order valence-corrected chi connectivity index (χ1v) is 16.0. The van der Waals surface area contributed by atoms with Gasteiger partial charge in [0.15, 0.2) is 0 Å². The van der Waals surface area contributed by atoms with Crippen LogP contribution in [-0.2, 0) is 14.4 Å². The molecule has 0 fully saturated rings. The fourth-order valence-electron chi connectivity index (χ4n) is 5.36. The third kappa shape index (κ3) is 26.1. The number of nitrogens with zero attached hydrogens (tertiary/aromatic N) is 1. The molecule has 0 aliphatic heterocycles. The van der Waals surface area contributed by atoms with E-state index in [-0.39, 0.29) is 19.3 Å². The fourth-order valence-corrected chi connectivity index (χ4v) is 5.36. The number of carboxylic acid groups (broad SMARTS) is 3. The molecule has 0 saturated heterocycles. The zero-order chi connectivity index (χ0) is 29.0. The Labute approximate surface area is 238 Å². The highest BCUT2D eigenvalue weighted by atomic mass is 16.4. The van der Waals surface area contributed by atoms with E-state index in [0.29, 0.717) is 19.3 Å². The van der Waals surface area contributed by atoms with Gasteiger partial charge < -0.3 is 19.8 Å². The number of hydrogen-bond donors (Lipinski definition) is 3. The van der Waals surface area contributed by atoms with Gasteiger partial charge in [0.2, 0.25) is 0 Å². The van der Waals surface area contributed by atoms with E-state index in [2.05, 4.69) is 19.1 Å². The van der Waals surface area contributed by atoms with Crippen LogP contribution >= 0.6 is 0 Å². The zero-order valence-electron chi connectivity index (χ0n) is 25.1. The van der Waals surface area contributed by atoms with Crippen LogP contribution in [0.2, 0.25) is 0 Å². The molecule has 0 aliphatic carbocycles. The first kappa shape index (κ1) is 37.1. The molecule has 0 unspecified atom stereocenters. The van der Waals surface area contributed by atoms with Crippen LogP contribution in [0.5, 0.6) is 0 Å². The molecule has 0 saturated carbocycles. The molecule has 228 valence electrons. The van der Waals surface area contributed by atoms with Gasteiger partial charge in [-0.1, -0.05) is 64.0 Å². The van der Waals surface area contributed by atoms with E-state index in [9.17, 15) is 14.4 Å². The van der Waals surface area contributed by atoms with Gasteiger partial charge in [-0.05, 0) is 77.0 Å². The number of unbranched alkanes of at least 4 members (excludes halogenated alkanes) is 14. The van der Waals surface area contributed by atoms with E-state index in [1.54, 1.807) is 0 Å². The predicted octanol–water partition coefficient (Wildman–Crippen LogP) is 8.22. The topological polar surface area (TPSA) is 112 Å². The molecular weight excluding hydrogens is 494 g/mol. The van der Waals surface area contributed by atoms with Gasteiger partial charge in [0, 0.05) is 19.3 Å². The lowest BCUT2D eigenvalue weighted by Crippen LogP contribution is -2.51. The van der Waals surface area contributed by atoms with Crippen LogP contribution in [0, 0.1) is 0 Å². The van der Waals surface area contributed by atoms with Crippen molar-refractivity contribution >= 4 is 17.9 Å². The Balaban J connectivity index is 4.54. The number of carbonyl (C=O) groups is 3. The predicted molar refractivity (Wildman–Crippen MR) is 159 cm³/mol. The molecular formula is C32H60NO6+. The smallest absolute Gasteiger partial charge is 0.303 e. The van der Waals surface area contributed by atoms with Gasteiger partial charge in [0.25, 0.3) is 0 Å². The molecule has 0 aromatic carbocycles. The molecule has 0 rings (SSSR count). The minimum absolute atomic E-state index is 0.171. The van der Waals surface area contributed by atoms with Crippen LogP contribution in [0.3, 0.4) is 0 Å². The first-order chi connectivity index (χ1) is 18.8. The van der Waals surface area contributed by atoms with Crippen LogP contribution in [0.1, 0.15) is 148 Å². The molecule has 0 bridgehead atoms. The Hall–Kier alpha value is -1.89. The SMILES string of the molecule is CCCCCCCCC/C=C/CCCCCC[N+](CCCCC(=O)O)(CCCCC(=O)O)CCCCC(=O)O. The standard InChI is InChI=1S/C32H59NO6/c1-2-3-4-5-6-7-8-9-10-11-12-13-14-15-19-26-33(27-20-16-23-30(34)35,28-21-17-24-31(36)37)29-22-18-25-32(38)39/h10-11H,2-9,12-29H2,1H3,(H2-,34,35,36,37,38,39)/p+1/b11-10+. The van der Waals surface area contributed by atoms with Crippen molar-refractivity contribution in [2.45, 2.75) is 148 Å². The zero-order valence-corrected chi connectivity index (χ0v) is 25.1. The van der Waals surface area contributed by atoms with Gasteiger partial charge in [-0.3, -0.25) is 14.4 Å². The number of hydrogen-bond acceptors (Lipinski definition) is 3. The summed E-state index contributed by atoms with van der Waals surface area (Å²) in [6.45, 7) is 5.91. The van der Waals surface area contributed by atoms with Crippen LogP contribution < -0.4 is 0 Å². The molecule has 0 atom stereocenters. The lowest BCUT2D eigenvalue weighted by atomic mass is 10.1. The summed E-state index contributed by atoms with van der Waals surface area (Å²) >= 11 is 0. The molecule has 0 aromatic heterocycles. The number of allylic oxidation sites excluding steroid dienone is 2. The lowest BCUT2D eigenvalue weighted by Gasteiger charge is -2.39. The second-order valence-corrected chi connectivity index (χ2v) is 11.4. The van der Waals surface area contributed by atoms with Crippen molar-refractivity contribution in [3.05, 3.63) is 12.2 Å². The van der Waals surface area contributed by atoms with Crippen molar-refractivity contribution in [3.8, 4) is 0 Å². The largest absolute Gasteiger partial charge is 0.481 e. The average molecular weight is 555 g/mol. The molecule has 0 spiro atoms. The minimum atomic E-state index is -0.771. The van der Waals surface area contributed by atoms with Crippen LogP contribution in [0.25, 0.3) is 0 Å². The van der Waals surface area contributed by atoms with E-state index >= 15 is 0 Å². The summed E-state index contributed by atoms with van der Waals surface area (Å²) in [6.07, 6.45) is 26.0. The summed E-state index contributed by atoms with van der Waals surface area (Å²) in [5.41, 5.74) is 0. The van der Waals surface area contributed by atoms with E-state index in [1.165, 1.54) is 64.2 Å². The Kier molecular flexibility index (Phi) is 25.1. The van der Waals surface area contributed by atoms with Crippen molar-refractivity contribution < 1.29 is 34.2 Å². The molecule has 0 aromatic rings. The second kappa shape index (κ2) is 26.3. The fraction of sp³-hybridized carbons (Fsp3) is 0.844. The van der Waals surface area contributed by atoms with Gasteiger partial charge in [0.05, 0.1) is 26.2 Å². The molecule has 7 heteroatoms. The van der Waals surface area contributed by atoms with Crippen molar-refractivity contribution in [1.29, 1.82) is 0 Å². The molecule has 0 radical (unpaired) electrons. The highest BCUT2D eigenvalue weighted by Gasteiger charge is 2.26. The highest BCUT2D eigenvalue weighted by molar-refractivity contribution is 5.67. The minimum Gasteiger partial charge on any atom is -0.481 e. The lowest BCUT2D eigenvalue weighted by molar-refractivity contribution is -0.929. The van der Waals surface area contributed by atoms with Crippen molar-refractivity contribution in [2.75, 3.05) is 26.2 Å². The molecule has 0 aliphatic rings. The average Bonchev–Trinajstić information content (AvgIpc) is 2.89. The third-order valence-corrected chi connectivity index (χ3v) is 7.71. The summed E-state index contributed by atoms with van der Waals surface area (Å²) in [5.74, 6) is -2.31. The Bertz CT molecular complexity index is 594. The van der Waals surface area contributed by atoms with Crippen molar-refractivity contribution in [3.63, 3.8) is 0 Å². The second-order valence-electron chi connectivity index (χ2n) is 11.4. The Morgan fingerprint density at radius 1 is 0.462 bits per heavy atom. The molecule has 3 N–H and O–H groups in total. The number of rotatable bonds is 30. The molecule has 0 heterocycles. The maximum atomic E-state index is 11.0. The van der Waals surface area contributed by atoms with Gasteiger partial charge >= 0.3 is 17.9 Å². The molecule has 39 heavy (non-hydrogen) atoms. The molecule has 0 amide bonds. The van der Waals surface area contributed by atoms with Gasteiger partial charge in [-0.15, -0.1) is 0 Å². The van der Waals surface area contributed by atoms with Gasteiger partial charge in [0.1, 0.15) is 0 Å². The van der Waals surface area contributed by atoms with E-state index < -0.39 is 17.9 Å². The number of carboxylic acids is 3. The highest BCUT2D eigenvalue weighted by Crippen LogP contribution is 2.19. The maximum absolute atomic E-state index is 11.0. The van der Waals surface area contributed by atoms with Crippen molar-refractivity contribution in [2.24, 2.45) is 0 Å². The van der Waals surface area contributed by atoms with Gasteiger partial charge in [-0.2, -0.15) is 0 Å². The van der Waals surface area contributed by atoms with Crippen molar-refractivity contribution in [1.82, 2.24) is 0 Å². The van der Waals surface area contributed by atoms with E-state index in [1.807, 2.05) is 0 Å². The van der Waals surface area contributed by atoms with Crippen LogP contribution in [0.4, 0.5) is 0 Å². The normalized spacial score (nSPS) is 11.8. The van der Waals surface area contributed by atoms with E-state index in [4.69, 9.17) is 15.3 Å².